The first-order valence-corrected chi connectivity index (χ1v) is 4.63. The summed E-state index contributed by atoms with van der Waals surface area (Å²) >= 11 is 0. The number of nitrogens with one attached hydrogen (secondary N) is 1. The maximum Gasteiger partial charge on any atom is 0.179 e. The van der Waals surface area contributed by atoms with E-state index in [2.05, 4.69) is 10.3 Å². The van der Waals surface area contributed by atoms with Crippen LogP contribution < -0.4 is 5.32 Å². The molecule has 2 rings (SSSR count). The van der Waals surface area contributed by atoms with E-state index in [-0.39, 0.29) is 17.9 Å². The normalized spacial score (nSPS) is 15.5. The van der Waals surface area contributed by atoms with Crippen LogP contribution in [-0.4, -0.2) is 23.4 Å². The minimum Gasteiger partial charge on any atom is -0.307 e. The third kappa shape index (κ3) is 2.14. The van der Waals surface area contributed by atoms with Crippen LogP contribution >= 0.6 is 0 Å². The Hall–Kier alpha value is -1.29. The fourth-order valence-corrected chi connectivity index (χ4v) is 1.22. The van der Waals surface area contributed by atoms with Crippen LogP contribution in [0.25, 0.3) is 0 Å². The van der Waals surface area contributed by atoms with Crippen molar-refractivity contribution in [2.45, 2.75) is 18.9 Å². The summed E-state index contributed by atoms with van der Waals surface area (Å²) in [6.07, 6.45) is 4.72. The average Bonchev–Trinajstić information content (AvgIpc) is 2.98. The Kier molecular flexibility index (Phi) is 2.54. The molecular formula is C10H11FN2O. The van der Waals surface area contributed by atoms with E-state index in [1.54, 1.807) is 0 Å². The minimum absolute atomic E-state index is 0.119. The van der Waals surface area contributed by atoms with E-state index in [1.165, 1.54) is 12.3 Å². The lowest BCUT2D eigenvalue weighted by Crippen LogP contribution is -2.25. The van der Waals surface area contributed by atoms with Gasteiger partial charge < -0.3 is 5.32 Å². The Morgan fingerprint density at radius 3 is 3.07 bits per heavy atom. The smallest absolute Gasteiger partial charge is 0.179 e. The molecule has 1 N–H and O–H groups in total. The molecule has 0 aliphatic heterocycles. The summed E-state index contributed by atoms with van der Waals surface area (Å²) < 4.78 is 13.1. The van der Waals surface area contributed by atoms with Gasteiger partial charge in [0.25, 0.3) is 0 Å². The van der Waals surface area contributed by atoms with Gasteiger partial charge in [-0.3, -0.25) is 9.78 Å². The fourth-order valence-electron chi connectivity index (χ4n) is 1.22. The number of pyridine rings is 1. The predicted molar refractivity (Wildman–Crippen MR) is 49.6 cm³/mol. The Bertz CT molecular complexity index is 350. The van der Waals surface area contributed by atoms with E-state index >= 15 is 0 Å². The summed E-state index contributed by atoms with van der Waals surface area (Å²) in [6.45, 7) is 0.214. The first-order valence-electron chi connectivity index (χ1n) is 4.63. The average molecular weight is 194 g/mol. The molecule has 1 saturated carbocycles. The van der Waals surface area contributed by atoms with Crippen LogP contribution in [0.3, 0.4) is 0 Å². The van der Waals surface area contributed by atoms with Crippen molar-refractivity contribution in [3.63, 3.8) is 0 Å². The number of rotatable bonds is 4. The summed E-state index contributed by atoms with van der Waals surface area (Å²) in [5, 5.41) is 3.05. The molecule has 0 amide bonds. The molecule has 0 spiro atoms. The van der Waals surface area contributed by atoms with E-state index in [4.69, 9.17) is 0 Å². The van der Waals surface area contributed by atoms with Gasteiger partial charge in [-0.15, -0.1) is 0 Å². The summed E-state index contributed by atoms with van der Waals surface area (Å²) in [5.41, 5.74) is 0.119. The number of carbonyl (C=O) groups excluding carboxylic acids is 1. The number of hydrogen-bond acceptors (Lipinski definition) is 3. The van der Waals surface area contributed by atoms with Crippen LogP contribution in [0.4, 0.5) is 4.39 Å². The molecular weight excluding hydrogens is 183 g/mol. The van der Waals surface area contributed by atoms with Gasteiger partial charge in [-0.25, -0.2) is 4.39 Å². The Labute approximate surface area is 81.3 Å². The molecule has 0 atom stereocenters. The van der Waals surface area contributed by atoms with Gasteiger partial charge in [0.15, 0.2) is 11.6 Å². The lowest BCUT2D eigenvalue weighted by molar-refractivity contribution is 0.0986. The van der Waals surface area contributed by atoms with Crippen molar-refractivity contribution in [3.8, 4) is 0 Å². The van der Waals surface area contributed by atoms with Crippen molar-refractivity contribution in [1.82, 2.24) is 10.3 Å². The maximum atomic E-state index is 13.1. The topological polar surface area (TPSA) is 42.0 Å². The molecule has 1 aromatic heterocycles. The minimum atomic E-state index is -0.546. The molecule has 4 heteroatoms. The van der Waals surface area contributed by atoms with Crippen molar-refractivity contribution in [2.75, 3.05) is 6.54 Å². The summed E-state index contributed by atoms with van der Waals surface area (Å²) in [5.74, 6) is -0.758. The zero-order chi connectivity index (χ0) is 9.97. The molecule has 0 saturated heterocycles. The molecule has 1 aromatic rings. The number of aromatic nitrogens is 1. The zero-order valence-corrected chi connectivity index (χ0v) is 7.66. The van der Waals surface area contributed by atoms with Gasteiger partial charge in [0.1, 0.15) is 0 Å². The highest BCUT2D eigenvalue weighted by atomic mass is 19.1. The second-order valence-electron chi connectivity index (χ2n) is 3.43. The first-order chi connectivity index (χ1) is 6.77. The Morgan fingerprint density at radius 2 is 2.43 bits per heavy atom. The lowest BCUT2D eigenvalue weighted by atomic mass is 10.1. The third-order valence-corrected chi connectivity index (χ3v) is 2.20. The van der Waals surface area contributed by atoms with Crippen LogP contribution in [0.5, 0.6) is 0 Å². The largest absolute Gasteiger partial charge is 0.307 e. The van der Waals surface area contributed by atoms with E-state index in [1.807, 2.05) is 0 Å². The SMILES string of the molecule is O=C(CNC1CC1)c1ccncc1F. The van der Waals surface area contributed by atoms with Crippen molar-refractivity contribution < 1.29 is 9.18 Å². The van der Waals surface area contributed by atoms with Gasteiger partial charge in [0.2, 0.25) is 0 Å². The fraction of sp³-hybridized carbons (Fsp3) is 0.400. The first kappa shape index (κ1) is 9.27. The van der Waals surface area contributed by atoms with Crippen LogP contribution in [0.15, 0.2) is 18.5 Å². The number of nitrogens with zero attached hydrogens (tertiary/aromatic N) is 1. The standard InChI is InChI=1S/C10H11FN2O/c11-9-5-12-4-3-8(9)10(14)6-13-7-1-2-7/h3-5,7,13H,1-2,6H2. The quantitative estimate of drug-likeness (QED) is 0.731. The second kappa shape index (κ2) is 3.84. The number of carbonyl (C=O) groups is 1. The molecule has 74 valence electrons. The van der Waals surface area contributed by atoms with Gasteiger partial charge in [-0.2, -0.15) is 0 Å². The van der Waals surface area contributed by atoms with Gasteiger partial charge >= 0.3 is 0 Å². The molecule has 14 heavy (non-hydrogen) atoms. The molecule has 1 fully saturated rings. The van der Waals surface area contributed by atoms with E-state index < -0.39 is 5.82 Å². The van der Waals surface area contributed by atoms with Crippen LogP contribution in [0.2, 0.25) is 0 Å². The maximum absolute atomic E-state index is 13.1. The molecule has 0 bridgehead atoms. The number of halogens is 1. The third-order valence-electron chi connectivity index (χ3n) is 2.20. The molecule has 0 radical (unpaired) electrons. The molecule has 0 unspecified atom stereocenters. The zero-order valence-electron chi connectivity index (χ0n) is 7.66. The second-order valence-corrected chi connectivity index (χ2v) is 3.43. The van der Waals surface area contributed by atoms with Crippen molar-refractivity contribution in [2.24, 2.45) is 0 Å². The Morgan fingerprint density at radius 1 is 1.64 bits per heavy atom. The molecule has 0 aromatic carbocycles. The van der Waals surface area contributed by atoms with Crippen molar-refractivity contribution >= 4 is 5.78 Å². The highest BCUT2D eigenvalue weighted by molar-refractivity contribution is 5.97. The van der Waals surface area contributed by atoms with Gasteiger partial charge in [0, 0.05) is 12.2 Å². The molecule has 1 aliphatic carbocycles. The summed E-state index contributed by atoms with van der Waals surface area (Å²) in [6, 6.07) is 1.87. The summed E-state index contributed by atoms with van der Waals surface area (Å²) in [4.78, 5) is 15.1. The van der Waals surface area contributed by atoms with E-state index in [0.29, 0.717) is 6.04 Å². The van der Waals surface area contributed by atoms with Crippen molar-refractivity contribution in [1.29, 1.82) is 0 Å². The number of Topliss-reactive ketones (excluding diaryl/α,β-unsaturated/α-hetero) is 1. The molecule has 1 aliphatic rings. The van der Waals surface area contributed by atoms with Gasteiger partial charge in [-0.1, -0.05) is 0 Å². The van der Waals surface area contributed by atoms with E-state index in [0.717, 1.165) is 19.0 Å². The highest BCUT2D eigenvalue weighted by Gasteiger charge is 2.22. The molecule has 3 nitrogen and oxygen atoms in total. The monoisotopic (exact) mass is 194 g/mol. The van der Waals surface area contributed by atoms with Gasteiger partial charge in [0.05, 0.1) is 18.3 Å². The number of ketones is 1. The Balaban J connectivity index is 1.98. The van der Waals surface area contributed by atoms with Crippen LogP contribution in [-0.2, 0) is 0 Å². The van der Waals surface area contributed by atoms with Crippen LogP contribution in [0, 0.1) is 5.82 Å². The molecule has 1 heterocycles. The predicted octanol–water partition coefficient (Wildman–Crippen LogP) is 1.16. The van der Waals surface area contributed by atoms with Crippen molar-refractivity contribution in [3.05, 3.63) is 29.8 Å². The number of hydrogen-bond donors (Lipinski definition) is 1. The van der Waals surface area contributed by atoms with E-state index in [9.17, 15) is 9.18 Å². The van der Waals surface area contributed by atoms with Crippen LogP contribution in [0.1, 0.15) is 23.2 Å². The summed E-state index contributed by atoms with van der Waals surface area (Å²) in [7, 11) is 0. The highest BCUT2D eigenvalue weighted by Crippen LogP contribution is 2.18. The van der Waals surface area contributed by atoms with Gasteiger partial charge in [-0.05, 0) is 18.9 Å². The lowest BCUT2D eigenvalue weighted by Gasteiger charge is -2.02.